The molecule has 0 spiro atoms. The van der Waals surface area contributed by atoms with Crippen molar-refractivity contribution in [2.75, 3.05) is 4.72 Å². The van der Waals surface area contributed by atoms with Gasteiger partial charge >= 0.3 is 0 Å². The second-order valence-corrected chi connectivity index (χ2v) is 6.80. The maximum absolute atomic E-state index is 13.2. The standard InChI is InChI=1S/C15H12FN3O4S/c1-8-7-9(16)5-6-12(8)24(22,23)19-11-4-2-3-10-13(11)15(21)18-17-14(10)20/h2-7,19H,1H3,(H,17,20)(H,18,21). The number of halogens is 1. The topological polar surface area (TPSA) is 112 Å². The van der Waals surface area contributed by atoms with Gasteiger partial charge in [0.15, 0.2) is 0 Å². The Morgan fingerprint density at radius 2 is 1.75 bits per heavy atom. The number of aryl methyl sites for hydroxylation is 1. The lowest BCUT2D eigenvalue weighted by atomic mass is 10.2. The van der Waals surface area contributed by atoms with Gasteiger partial charge in [0.1, 0.15) is 5.82 Å². The Morgan fingerprint density at radius 1 is 1.04 bits per heavy atom. The molecule has 7 nitrogen and oxygen atoms in total. The summed E-state index contributed by atoms with van der Waals surface area (Å²) in [5.74, 6) is -0.556. The average Bonchev–Trinajstić information content (AvgIpc) is 2.50. The zero-order chi connectivity index (χ0) is 17.5. The Balaban J connectivity index is 2.18. The summed E-state index contributed by atoms with van der Waals surface area (Å²) in [6.45, 7) is 1.46. The van der Waals surface area contributed by atoms with Crippen molar-refractivity contribution in [1.29, 1.82) is 0 Å². The zero-order valence-corrected chi connectivity index (χ0v) is 13.2. The highest BCUT2D eigenvalue weighted by Crippen LogP contribution is 2.23. The Bertz CT molecular complexity index is 1170. The van der Waals surface area contributed by atoms with E-state index < -0.39 is 27.0 Å². The lowest BCUT2D eigenvalue weighted by Gasteiger charge is -2.11. The molecular weight excluding hydrogens is 337 g/mol. The SMILES string of the molecule is Cc1cc(F)ccc1S(=O)(=O)Nc1cccc2c(=O)[nH][nH]c(=O)c12. The van der Waals surface area contributed by atoms with Gasteiger partial charge in [-0.05, 0) is 42.8 Å². The zero-order valence-electron chi connectivity index (χ0n) is 12.4. The van der Waals surface area contributed by atoms with E-state index in [9.17, 15) is 22.4 Å². The molecule has 124 valence electrons. The molecule has 3 N–H and O–H groups in total. The number of rotatable bonds is 3. The molecule has 0 atom stereocenters. The second kappa shape index (κ2) is 5.60. The van der Waals surface area contributed by atoms with E-state index in [0.29, 0.717) is 0 Å². The van der Waals surface area contributed by atoms with E-state index in [1.165, 1.54) is 25.1 Å². The number of aromatic nitrogens is 2. The van der Waals surface area contributed by atoms with Gasteiger partial charge in [0.2, 0.25) is 0 Å². The molecule has 0 bridgehead atoms. The maximum Gasteiger partial charge on any atom is 0.272 e. The fraction of sp³-hybridized carbons (Fsp3) is 0.0667. The van der Waals surface area contributed by atoms with Crippen LogP contribution in [0.4, 0.5) is 10.1 Å². The lowest BCUT2D eigenvalue weighted by Crippen LogP contribution is -2.22. The van der Waals surface area contributed by atoms with Gasteiger partial charge in [0, 0.05) is 0 Å². The van der Waals surface area contributed by atoms with Gasteiger partial charge < -0.3 is 0 Å². The summed E-state index contributed by atoms with van der Waals surface area (Å²) in [5.41, 5.74) is -1.01. The highest BCUT2D eigenvalue weighted by Gasteiger charge is 2.19. The predicted molar refractivity (Wildman–Crippen MR) is 87.1 cm³/mol. The summed E-state index contributed by atoms with van der Waals surface area (Å²) in [7, 11) is -4.06. The number of fused-ring (bicyclic) bond motifs is 1. The van der Waals surface area contributed by atoms with Crippen molar-refractivity contribution in [3.8, 4) is 0 Å². The fourth-order valence-electron chi connectivity index (χ4n) is 2.43. The van der Waals surface area contributed by atoms with Gasteiger partial charge in [-0.25, -0.2) is 12.8 Å². The highest BCUT2D eigenvalue weighted by atomic mass is 32.2. The maximum atomic E-state index is 13.2. The largest absolute Gasteiger partial charge is 0.279 e. The van der Waals surface area contributed by atoms with Gasteiger partial charge in [-0.2, -0.15) is 0 Å². The van der Waals surface area contributed by atoms with E-state index in [4.69, 9.17) is 0 Å². The van der Waals surface area contributed by atoms with E-state index in [0.717, 1.165) is 18.2 Å². The number of sulfonamides is 1. The van der Waals surface area contributed by atoms with E-state index in [-0.39, 0.29) is 26.9 Å². The van der Waals surface area contributed by atoms with Crippen LogP contribution in [0.1, 0.15) is 5.56 Å². The van der Waals surface area contributed by atoms with Crippen LogP contribution < -0.4 is 15.8 Å². The summed E-state index contributed by atoms with van der Waals surface area (Å²) in [4.78, 5) is 23.6. The molecular formula is C15H12FN3O4S. The molecule has 2 aromatic carbocycles. The van der Waals surface area contributed by atoms with Crippen molar-refractivity contribution < 1.29 is 12.8 Å². The van der Waals surface area contributed by atoms with Gasteiger partial charge in [-0.3, -0.25) is 24.5 Å². The molecule has 3 aromatic rings. The van der Waals surface area contributed by atoms with Crippen molar-refractivity contribution in [1.82, 2.24) is 10.2 Å². The number of nitrogens with one attached hydrogen (secondary N) is 3. The molecule has 9 heteroatoms. The van der Waals surface area contributed by atoms with Gasteiger partial charge in [-0.15, -0.1) is 0 Å². The average molecular weight is 349 g/mol. The van der Waals surface area contributed by atoms with Crippen LogP contribution in [0.5, 0.6) is 0 Å². The summed E-state index contributed by atoms with van der Waals surface area (Å²) in [6.07, 6.45) is 0. The molecule has 0 aliphatic rings. The number of anilines is 1. The third-order valence-corrected chi connectivity index (χ3v) is 5.02. The Kier molecular flexibility index (Phi) is 3.72. The summed E-state index contributed by atoms with van der Waals surface area (Å²) in [6, 6.07) is 7.48. The number of H-pyrrole nitrogens is 2. The first kappa shape index (κ1) is 15.9. The van der Waals surface area contributed by atoms with Crippen molar-refractivity contribution in [2.45, 2.75) is 11.8 Å². The van der Waals surface area contributed by atoms with Crippen LogP contribution >= 0.6 is 0 Å². The van der Waals surface area contributed by atoms with E-state index in [2.05, 4.69) is 14.9 Å². The fourth-order valence-corrected chi connectivity index (χ4v) is 3.73. The number of benzene rings is 2. The van der Waals surface area contributed by atoms with Crippen LogP contribution in [0.15, 0.2) is 50.9 Å². The molecule has 0 saturated carbocycles. The van der Waals surface area contributed by atoms with E-state index in [1.54, 1.807) is 0 Å². The second-order valence-electron chi connectivity index (χ2n) is 5.15. The molecule has 3 rings (SSSR count). The molecule has 1 aromatic heterocycles. The first-order valence-corrected chi connectivity index (χ1v) is 8.30. The normalized spacial score (nSPS) is 11.6. The Labute approximate surface area is 135 Å². The summed E-state index contributed by atoms with van der Waals surface area (Å²) < 4.78 is 40.5. The smallest absolute Gasteiger partial charge is 0.272 e. The van der Waals surface area contributed by atoms with Crippen LogP contribution in [-0.2, 0) is 10.0 Å². The van der Waals surface area contributed by atoms with Crippen LogP contribution in [-0.4, -0.2) is 18.6 Å². The summed E-state index contributed by atoms with van der Waals surface area (Å²) >= 11 is 0. The molecule has 0 aliphatic heterocycles. The Hall–Kier alpha value is -2.94. The van der Waals surface area contributed by atoms with Crippen LogP contribution in [0.3, 0.4) is 0 Å². The lowest BCUT2D eigenvalue weighted by molar-refractivity contribution is 0.598. The third-order valence-electron chi connectivity index (χ3n) is 3.50. The molecule has 0 aliphatic carbocycles. The van der Waals surface area contributed by atoms with Crippen LogP contribution in [0, 0.1) is 12.7 Å². The van der Waals surface area contributed by atoms with Crippen molar-refractivity contribution in [3.05, 3.63) is 68.5 Å². The first-order valence-electron chi connectivity index (χ1n) is 6.82. The monoisotopic (exact) mass is 349 g/mol. The van der Waals surface area contributed by atoms with Crippen LogP contribution in [0.2, 0.25) is 0 Å². The molecule has 0 radical (unpaired) electrons. The number of hydrogen-bond donors (Lipinski definition) is 3. The summed E-state index contributed by atoms with van der Waals surface area (Å²) in [5, 5.41) is 4.29. The number of hydrogen-bond acceptors (Lipinski definition) is 4. The minimum absolute atomic E-state index is 0.0384. The minimum atomic E-state index is -4.06. The van der Waals surface area contributed by atoms with Crippen LogP contribution in [0.25, 0.3) is 10.8 Å². The molecule has 24 heavy (non-hydrogen) atoms. The Morgan fingerprint density at radius 3 is 2.46 bits per heavy atom. The third kappa shape index (κ3) is 2.69. The van der Waals surface area contributed by atoms with E-state index in [1.807, 2.05) is 0 Å². The predicted octanol–water partition coefficient (Wildman–Crippen LogP) is 1.46. The van der Waals surface area contributed by atoms with Gasteiger partial charge in [0.25, 0.3) is 21.1 Å². The molecule has 0 fully saturated rings. The van der Waals surface area contributed by atoms with Crippen molar-refractivity contribution in [3.63, 3.8) is 0 Å². The first-order chi connectivity index (χ1) is 11.3. The highest BCUT2D eigenvalue weighted by molar-refractivity contribution is 7.92. The van der Waals surface area contributed by atoms with Crippen molar-refractivity contribution in [2.24, 2.45) is 0 Å². The van der Waals surface area contributed by atoms with Gasteiger partial charge in [-0.1, -0.05) is 6.07 Å². The molecule has 0 amide bonds. The van der Waals surface area contributed by atoms with Crippen molar-refractivity contribution >= 4 is 26.5 Å². The molecule has 1 heterocycles. The molecule has 0 saturated heterocycles. The molecule has 0 unspecified atom stereocenters. The minimum Gasteiger partial charge on any atom is -0.279 e. The quantitative estimate of drug-likeness (QED) is 0.664. The van der Waals surface area contributed by atoms with Gasteiger partial charge in [0.05, 0.1) is 21.4 Å². The number of aromatic amines is 2. The van der Waals surface area contributed by atoms with E-state index >= 15 is 0 Å².